The number of ether oxygens (including phenoxy) is 3. The third-order valence-corrected chi connectivity index (χ3v) is 6.89. The number of benzene rings is 1. The second-order valence-electron chi connectivity index (χ2n) is 10.6. The van der Waals surface area contributed by atoms with E-state index in [1.165, 1.54) is 13.0 Å². The van der Waals surface area contributed by atoms with Crippen LogP contribution < -0.4 is 4.74 Å². The van der Waals surface area contributed by atoms with Crippen molar-refractivity contribution in [2.75, 3.05) is 20.2 Å². The Kier molecular flexibility index (Phi) is 7.79. The Morgan fingerprint density at radius 2 is 2.00 bits per heavy atom. The van der Waals surface area contributed by atoms with Crippen LogP contribution in [0, 0.1) is 11.8 Å². The number of nitrogens with zero attached hydrogens (tertiary/aromatic N) is 2. The van der Waals surface area contributed by atoms with Gasteiger partial charge < -0.3 is 14.2 Å². The van der Waals surface area contributed by atoms with Gasteiger partial charge in [0.25, 0.3) is 0 Å². The van der Waals surface area contributed by atoms with Crippen LogP contribution in [-0.2, 0) is 19.1 Å². The number of esters is 2. The van der Waals surface area contributed by atoms with E-state index in [2.05, 4.69) is 16.0 Å². The topological polar surface area (TPSA) is 78.0 Å². The smallest absolute Gasteiger partial charge is 0.331 e. The van der Waals surface area contributed by atoms with Crippen LogP contribution in [0.4, 0.5) is 0 Å². The van der Waals surface area contributed by atoms with E-state index < -0.39 is 5.60 Å². The second kappa shape index (κ2) is 10.8. The van der Waals surface area contributed by atoms with E-state index in [1.807, 2.05) is 51.1 Å². The van der Waals surface area contributed by atoms with Gasteiger partial charge in [-0.2, -0.15) is 0 Å². The highest BCUT2D eigenvalue weighted by Crippen LogP contribution is 2.43. The minimum Gasteiger partial charge on any atom is -0.497 e. The van der Waals surface area contributed by atoms with Crippen molar-refractivity contribution in [3.05, 3.63) is 60.3 Å². The molecule has 7 nitrogen and oxygen atoms in total. The highest BCUT2D eigenvalue weighted by molar-refractivity contribution is 5.84. The van der Waals surface area contributed by atoms with Crippen molar-refractivity contribution in [1.29, 1.82) is 0 Å². The molecule has 0 aliphatic carbocycles. The maximum absolute atomic E-state index is 12.2. The second-order valence-corrected chi connectivity index (χ2v) is 10.6. The maximum atomic E-state index is 12.2. The van der Waals surface area contributed by atoms with Gasteiger partial charge in [0.1, 0.15) is 17.5 Å². The molecule has 3 saturated heterocycles. The predicted octanol–water partition coefficient (Wildman–Crippen LogP) is 5.01. The van der Waals surface area contributed by atoms with Crippen LogP contribution in [-0.4, -0.2) is 53.7 Å². The quantitative estimate of drug-likeness (QED) is 0.305. The summed E-state index contributed by atoms with van der Waals surface area (Å²) < 4.78 is 16.7. The first-order chi connectivity index (χ1) is 17.1. The summed E-state index contributed by atoms with van der Waals surface area (Å²) in [7, 11) is 1.64. The monoisotopic (exact) mass is 492 g/mol. The number of methoxy groups -OCH3 is 1. The van der Waals surface area contributed by atoms with Crippen LogP contribution in [0.25, 0.3) is 10.9 Å². The SMILES string of the molecule is COc1ccc2nccc([C@H](OC(C)=O)[C@H]3C[C@@H]4CCN3C[C@@H]4/C=C\C=C\C(=O)OC(C)(C)C)c2c1. The molecule has 192 valence electrons. The molecular formula is C29H36N2O5. The highest BCUT2D eigenvalue weighted by atomic mass is 16.6. The summed E-state index contributed by atoms with van der Waals surface area (Å²) in [6.07, 6.45) is 10.8. The molecule has 2 bridgehead atoms. The molecule has 4 heterocycles. The summed E-state index contributed by atoms with van der Waals surface area (Å²) >= 11 is 0. The van der Waals surface area contributed by atoms with Crippen LogP contribution in [0.3, 0.4) is 0 Å². The zero-order valence-electron chi connectivity index (χ0n) is 21.8. The van der Waals surface area contributed by atoms with Crippen molar-refractivity contribution >= 4 is 22.8 Å². The van der Waals surface area contributed by atoms with Gasteiger partial charge >= 0.3 is 11.9 Å². The van der Waals surface area contributed by atoms with Crippen molar-refractivity contribution in [2.24, 2.45) is 11.8 Å². The van der Waals surface area contributed by atoms with Crippen molar-refractivity contribution < 1.29 is 23.8 Å². The maximum Gasteiger partial charge on any atom is 0.331 e. The molecular weight excluding hydrogens is 456 g/mol. The lowest BCUT2D eigenvalue weighted by Gasteiger charge is -2.51. The van der Waals surface area contributed by atoms with E-state index in [1.54, 1.807) is 19.4 Å². The minimum absolute atomic E-state index is 0.0893. The number of carbonyl (C=O) groups excluding carboxylic acids is 2. The zero-order chi connectivity index (χ0) is 25.9. The summed E-state index contributed by atoms with van der Waals surface area (Å²) in [5.41, 5.74) is 1.30. The Morgan fingerprint density at radius 3 is 2.67 bits per heavy atom. The van der Waals surface area contributed by atoms with Gasteiger partial charge in [0.15, 0.2) is 0 Å². The lowest BCUT2D eigenvalue weighted by molar-refractivity contribution is -0.154. The number of pyridine rings is 1. The van der Waals surface area contributed by atoms with Crippen LogP contribution in [0.5, 0.6) is 5.75 Å². The minimum atomic E-state index is -0.500. The van der Waals surface area contributed by atoms with Crippen molar-refractivity contribution in [3.63, 3.8) is 0 Å². The molecule has 2 aromatic rings. The van der Waals surface area contributed by atoms with Gasteiger partial charge in [-0.05, 0) is 76.3 Å². The molecule has 36 heavy (non-hydrogen) atoms. The zero-order valence-corrected chi connectivity index (χ0v) is 21.8. The van der Waals surface area contributed by atoms with E-state index in [0.717, 1.165) is 48.1 Å². The number of hydrogen-bond donors (Lipinski definition) is 0. The number of carbonyl (C=O) groups is 2. The summed E-state index contributed by atoms with van der Waals surface area (Å²) in [6, 6.07) is 7.83. The number of rotatable bonds is 7. The van der Waals surface area contributed by atoms with E-state index in [9.17, 15) is 9.59 Å². The molecule has 0 amide bonds. The first-order valence-corrected chi connectivity index (χ1v) is 12.6. The summed E-state index contributed by atoms with van der Waals surface area (Å²) in [6.45, 7) is 8.88. The fourth-order valence-electron chi connectivity index (χ4n) is 5.37. The molecule has 7 heteroatoms. The number of allylic oxidation sites excluding steroid dienone is 2. The molecule has 1 unspecified atom stereocenters. The van der Waals surface area contributed by atoms with Gasteiger partial charge in [-0.25, -0.2) is 4.79 Å². The Bertz CT molecular complexity index is 1170. The third-order valence-electron chi connectivity index (χ3n) is 6.89. The standard InChI is InChI=1S/C29H36N2O5/c1-19(32)35-28(23-12-14-30-25-11-10-22(34-5)17-24(23)25)26-16-20-13-15-31(26)18-21(20)8-6-7-9-27(33)36-29(2,3)4/h6-12,14,17,20-21,26,28H,13,15-16,18H2,1-5H3/b8-6-,9-7+/t20-,21-,26+,28-/m0/s1. The Balaban J connectivity index is 1.52. The summed E-state index contributed by atoms with van der Waals surface area (Å²) in [5.74, 6) is 0.969. The molecule has 0 radical (unpaired) electrons. The van der Waals surface area contributed by atoms with Crippen LogP contribution in [0.1, 0.15) is 52.2 Å². The highest BCUT2D eigenvalue weighted by Gasteiger charge is 2.44. The van der Waals surface area contributed by atoms with Gasteiger partial charge in [-0.3, -0.25) is 14.7 Å². The largest absolute Gasteiger partial charge is 0.497 e. The summed E-state index contributed by atoms with van der Waals surface area (Å²) in [4.78, 5) is 31.0. The number of piperidine rings is 3. The van der Waals surface area contributed by atoms with Gasteiger partial charge in [-0.1, -0.05) is 18.2 Å². The average Bonchev–Trinajstić information content (AvgIpc) is 2.83. The van der Waals surface area contributed by atoms with Gasteiger partial charge in [0.2, 0.25) is 0 Å². The molecule has 0 N–H and O–H groups in total. The molecule has 3 aliphatic heterocycles. The first-order valence-electron chi connectivity index (χ1n) is 12.6. The lowest BCUT2D eigenvalue weighted by atomic mass is 9.73. The third kappa shape index (κ3) is 6.13. The van der Waals surface area contributed by atoms with Gasteiger partial charge in [0, 0.05) is 36.7 Å². The predicted molar refractivity (Wildman–Crippen MR) is 139 cm³/mol. The van der Waals surface area contributed by atoms with Gasteiger partial charge in [-0.15, -0.1) is 0 Å². The molecule has 0 saturated carbocycles. The number of fused-ring (bicyclic) bond motifs is 4. The van der Waals surface area contributed by atoms with Crippen molar-refractivity contribution in [2.45, 2.75) is 58.3 Å². The van der Waals surface area contributed by atoms with Crippen molar-refractivity contribution in [1.82, 2.24) is 9.88 Å². The van der Waals surface area contributed by atoms with E-state index in [4.69, 9.17) is 14.2 Å². The first kappa shape index (κ1) is 25.9. The Morgan fingerprint density at radius 1 is 1.19 bits per heavy atom. The normalized spacial score (nSPS) is 24.8. The van der Waals surface area contributed by atoms with Crippen molar-refractivity contribution in [3.8, 4) is 5.75 Å². The molecule has 1 aromatic carbocycles. The fraction of sp³-hybridized carbons (Fsp3) is 0.483. The molecule has 3 fully saturated rings. The lowest BCUT2D eigenvalue weighted by Crippen LogP contribution is -2.55. The molecule has 5 rings (SSSR count). The fourth-order valence-corrected chi connectivity index (χ4v) is 5.37. The van der Waals surface area contributed by atoms with E-state index in [-0.39, 0.29) is 24.1 Å². The number of hydrogen-bond acceptors (Lipinski definition) is 7. The molecule has 1 aromatic heterocycles. The van der Waals surface area contributed by atoms with E-state index in [0.29, 0.717) is 11.8 Å². The summed E-state index contributed by atoms with van der Waals surface area (Å²) in [5, 5.41) is 0.939. The van der Waals surface area contributed by atoms with Crippen LogP contribution in [0.15, 0.2) is 54.8 Å². The van der Waals surface area contributed by atoms with Crippen LogP contribution in [0.2, 0.25) is 0 Å². The molecule has 0 spiro atoms. The Labute approximate surface area is 213 Å². The van der Waals surface area contributed by atoms with Crippen LogP contribution >= 0.6 is 0 Å². The molecule has 3 aliphatic rings. The number of aromatic nitrogens is 1. The molecule has 5 atom stereocenters. The Hall–Kier alpha value is -3.19. The average molecular weight is 493 g/mol. The van der Waals surface area contributed by atoms with Gasteiger partial charge in [0.05, 0.1) is 18.7 Å². The van der Waals surface area contributed by atoms with E-state index >= 15 is 0 Å².